The van der Waals surface area contributed by atoms with Crippen LogP contribution in [0.2, 0.25) is 0 Å². The topological polar surface area (TPSA) is 25.8 Å². The van der Waals surface area contributed by atoms with Gasteiger partial charge in [0.2, 0.25) is 0 Å². The van der Waals surface area contributed by atoms with Crippen LogP contribution in [0.1, 0.15) is 81.4 Å². The molecule has 1 aliphatic rings. The van der Waals surface area contributed by atoms with E-state index in [1.165, 1.54) is 18.2 Å². The van der Waals surface area contributed by atoms with E-state index in [2.05, 4.69) is 35.9 Å². The predicted molar refractivity (Wildman–Crippen MR) is 197 cm³/mol. The molecule has 0 amide bonds. The SMILES string of the molecule is [2H]C([2H])([2H])c1cc(C2([2H])CCC(C)(C)CC2)ccc1-c1ccc(-c2ccnc(-c3[c-]cccc3)c2)cc1.[2H]C([2H])([2H])c1cnc(-c2[c-]cc(F)cc2)cc1C([2H])([2H])[2H].[Ir]. The molecule has 2 heterocycles. The zero-order valence-corrected chi connectivity index (χ0v) is 29.8. The molecule has 0 unspecified atom stereocenters. The Hall–Kier alpha value is -4.24. The van der Waals surface area contributed by atoms with Crippen LogP contribution >= 0.6 is 0 Å². The molecule has 0 N–H and O–H groups in total. The maximum absolute atomic E-state index is 12.9. The van der Waals surface area contributed by atoms with Crippen LogP contribution in [0, 0.1) is 43.9 Å². The fraction of sp³-hybridized carbons (Fsp3) is 0.244. The predicted octanol–water partition coefficient (Wildman–Crippen LogP) is 12.2. The van der Waals surface area contributed by atoms with Crippen molar-refractivity contribution in [1.29, 1.82) is 0 Å². The molecule has 1 saturated carbocycles. The van der Waals surface area contributed by atoms with Crippen molar-refractivity contribution in [1.82, 2.24) is 9.97 Å². The van der Waals surface area contributed by atoms with Crippen molar-refractivity contribution in [3.63, 3.8) is 0 Å². The van der Waals surface area contributed by atoms with Gasteiger partial charge in [0.25, 0.3) is 0 Å². The zero-order valence-electron chi connectivity index (χ0n) is 37.4. The second kappa shape index (κ2) is 16.0. The van der Waals surface area contributed by atoms with Gasteiger partial charge in [-0.05, 0) is 114 Å². The van der Waals surface area contributed by atoms with Crippen LogP contribution in [-0.2, 0) is 20.1 Å². The van der Waals surface area contributed by atoms with Crippen LogP contribution in [0.25, 0.3) is 44.8 Å². The number of aryl methyl sites for hydroxylation is 3. The van der Waals surface area contributed by atoms with Crippen molar-refractivity contribution >= 4 is 0 Å². The van der Waals surface area contributed by atoms with E-state index in [1.54, 1.807) is 12.3 Å². The Labute approximate surface area is 319 Å². The van der Waals surface area contributed by atoms with Crippen LogP contribution < -0.4 is 0 Å². The monoisotopic (exact) mass is 833 g/mol. The number of rotatable bonds is 5. The van der Waals surface area contributed by atoms with E-state index in [0.29, 0.717) is 16.7 Å². The Morgan fingerprint density at radius 1 is 0.735 bits per heavy atom. The summed E-state index contributed by atoms with van der Waals surface area (Å²) in [6.07, 6.45) is 6.28. The summed E-state index contributed by atoms with van der Waals surface area (Å²) in [5, 5.41) is 0. The number of aromatic nitrogens is 2. The second-order valence-electron chi connectivity index (χ2n) is 12.8. The summed E-state index contributed by atoms with van der Waals surface area (Å²) < 4.78 is 91.3. The summed E-state index contributed by atoms with van der Waals surface area (Å²) in [7, 11) is 0. The van der Waals surface area contributed by atoms with Gasteiger partial charge in [0.1, 0.15) is 0 Å². The van der Waals surface area contributed by atoms with Crippen molar-refractivity contribution in [3.8, 4) is 44.8 Å². The van der Waals surface area contributed by atoms with E-state index in [0.717, 1.165) is 71.5 Å². The minimum Gasteiger partial charge on any atom is -0.305 e. The third-order valence-electron chi connectivity index (χ3n) is 8.86. The van der Waals surface area contributed by atoms with E-state index in [4.69, 9.17) is 13.7 Å². The van der Waals surface area contributed by atoms with E-state index in [1.807, 2.05) is 72.8 Å². The number of pyridine rings is 2. The summed E-state index contributed by atoms with van der Waals surface area (Å²) in [6.45, 7) is -2.91. The standard InChI is InChI=1S/C32H32N.C13H11FN.Ir/c1-23-21-28(25-15-18-32(2,3)19-16-25)13-14-30(23)26-11-9-24(10-12-26)29-17-20-33-31(22-29)27-7-5-4-6-8-27;1-9-7-13(15-8-10(9)2)11-3-5-12(14)6-4-11;/h4-7,9-14,17,20-22,25H,15-16,18-19H2,1-3H3;3,5-8H,1-2H3;/q2*-1;/i1D3,25D;1D3,2D3;. The van der Waals surface area contributed by atoms with Crippen molar-refractivity contribution in [3.05, 3.63) is 156 Å². The number of halogens is 1. The Kier molecular flexibility index (Phi) is 8.10. The number of benzene rings is 4. The molecule has 0 spiro atoms. The Balaban J connectivity index is 0.000000256. The fourth-order valence-electron chi connectivity index (χ4n) is 5.85. The van der Waals surface area contributed by atoms with Gasteiger partial charge in [0.15, 0.2) is 0 Å². The molecule has 251 valence electrons. The Bertz CT molecular complexity index is 2350. The third-order valence-corrected chi connectivity index (χ3v) is 8.86. The van der Waals surface area contributed by atoms with Gasteiger partial charge in [-0.15, -0.1) is 65.7 Å². The van der Waals surface area contributed by atoms with Crippen LogP contribution in [0.4, 0.5) is 4.39 Å². The Morgan fingerprint density at radius 2 is 1.47 bits per heavy atom. The van der Waals surface area contributed by atoms with Gasteiger partial charge in [0.05, 0.1) is 0 Å². The molecule has 4 aromatic carbocycles. The van der Waals surface area contributed by atoms with Crippen LogP contribution in [-0.4, -0.2) is 9.97 Å². The molecule has 6 aromatic rings. The number of hydrogen-bond donors (Lipinski definition) is 0. The average molecular weight is 833 g/mol. The molecule has 1 aliphatic carbocycles. The second-order valence-corrected chi connectivity index (χ2v) is 12.8. The third kappa shape index (κ3) is 9.06. The van der Waals surface area contributed by atoms with E-state index >= 15 is 0 Å². The molecule has 0 aliphatic heterocycles. The summed E-state index contributed by atoms with van der Waals surface area (Å²) in [5.41, 5.74) is 6.83. The van der Waals surface area contributed by atoms with E-state index in [-0.39, 0.29) is 42.3 Å². The Morgan fingerprint density at radius 3 is 2.16 bits per heavy atom. The summed E-state index contributed by atoms with van der Waals surface area (Å²) in [5.74, 6) is -1.21. The van der Waals surface area contributed by atoms with Crippen molar-refractivity contribution in [2.75, 3.05) is 0 Å². The summed E-state index contributed by atoms with van der Waals surface area (Å²) in [6, 6.07) is 36.2. The van der Waals surface area contributed by atoms with E-state index in [9.17, 15) is 4.39 Å². The largest absolute Gasteiger partial charge is 0.305 e. The maximum atomic E-state index is 12.9. The van der Waals surface area contributed by atoms with Crippen LogP contribution in [0.5, 0.6) is 0 Å². The van der Waals surface area contributed by atoms with Gasteiger partial charge < -0.3 is 9.97 Å². The van der Waals surface area contributed by atoms with Gasteiger partial charge in [-0.25, -0.2) is 0 Å². The minimum atomic E-state index is -2.58. The normalized spacial score (nSPS) is 18.3. The van der Waals surface area contributed by atoms with Gasteiger partial charge in [-0.1, -0.05) is 74.0 Å². The van der Waals surface area contributed by atoms with Crippen molar-refractivity contribution in [2.24, 2.45) is 5.41 Å². The van der Waals surface area contributed by atoms with Crippen LogP contribution in [0.3, 0.4) is 0 Å². The molecule has 1 fully saturated rings. The minimum absolute atomic E-state index is 0. The van der Waals surface area contributed by atoms with Crippen molar-refractivity contribution < 1.29 is 38.2 Å². The van der Waals surface area contributed by atoms with Crippen LogP contribution in [0.15, 0.2) is 116 Å². The number of hydrogen-bond acceptors (Lipinski definition) is 2. The zero-order chi connectivity index (χ0) is 42.1. The first-order valence-corrected chi connectivity index (χ1v) is 16.0. The molecule has 7 rings (SSSR count). The first-order valence-electron chi connectivity index (χ1n) is 21.0. The molecular weight excluding hydrogens is 780 g/mol. The summed E-state index contributed by atoms with van der Waals surface area (Å²) >= 11 is 0. The van der Waals surface area contributed by atoms with Gasteiger partial charge in [-0.2, -0.15) is 0 Å². The fourth-order valence-corrected chi connectivity index (χ4v) is 5.85. The summed E-state index contributed by atoms with van der Waals surface area (Å²) in [4.78, 5) is 8.45. The molecular formula is C45H43FIrN2-2. The molecule has 4 heteroatoms. The molecule has 49 heavy (non-hydrogen) atoms. The maximum Gasteiger partial charge on any atom is 0.0379 e. The first-order chi connectivity index (χ1) is 27.1. The molecule has 2 nitrogen and oxygen atoms in total. The number of nitrogens with zero attached hydrogens (tertiary/aromatic N) is 2. The molecule has 2 aromatic heterocycles. The smallest absolute Gasteiger partial charge is 0.0379 e. The van der Waals surface area contributed by atoms with Crippen molar-refractivity contribution in [2.45, 2.75) is 66.0 Å². The van der Waals surface area contributed by atoms with Gasteiger partial charge >= 0.3 is 0 Å². The molecule has 1 radical (unpaired) electrons. The average Bonchev–Trinajstić information content (AvgIpc) is 3.19. The van der Waals surface area contributed by atoms with E-state index < -0.39 is 32.3 Å². The van der Waals surface area contributed by atoms with Gasteiger partial charge in [0, 0.05) is 52.0 Å². The quantitative estimate of drug-likeness (QED) is 0.162. The van der Waals surface area contributed by atoms with Gasteiger partial charge in [-0.3, -0.25) is 4.39 Å². The first kappa shape index (κ1) is 24.8. The molecule has 0 atom stereocenters. The molecule has 0 bridgehead atoms. The molecule has 0 saturated heterocycles.